The number of hydrogen-bond donors (Lipinski definition) is 1. The predicted molar refractivity (Wildman–Crippen MR) is 120 cm³/mol. The van der Waals surface area contributed by atoms with E-state index in [0.29, 0.717) is 43.6 Å². The number of hydrogen-bond acceptors (Lipinski definition) is 8. The molecule has 0 unspecified atom stereocenters. The molecule has 10 heteroatoms. The van der Waals surface area contributed by atoms with Crippen LogP contribution >= 0.6 is 11.6 Å². The molecule has 0 atom stereocenters. The van der Waals surface area contributed by atoms with Crippen LogP contribution in [0.25, 0.3) is 0 Å². The van der Waals surface area contributed by atoms with E-state index in [-0.39, 0.29) is 10.7 Å². The molecule has 1 N–H and O–H groups in total. The number of rotatable bonds is 9. The number of esters is 1. The van der Waals surface area contributed by atoms with Crippen molar-refractivity contribution in [1.82, 2.24) is 4.98 Å². The van der Waals surface area contributed by atoms with Crippen molar-refractivity contribution in [3.8, 4) is 11.5 Å². The quantitative estimate of drug-likeness (QED) is 0.447. The first-order valence-corrected chi connectivity index (χ1v) is 10.7. The van der Waals surface area contributed by atoms with Gasteiger partial charge in [0.15, 0.2) is 6.61 Å². The number of carbonyl (C=O) groups excluding carboxylic acids is 2. The summed E-state index contributed by atoms with van der Waals surface area (Å²) in [6, 6.07) is 6.59. The first-order valence-electron chi connectivity index (χ1n) is 10.4. The third-order valence-electron chi connectivity index (χ3n) is 4.60. The highest BCUT2D eigenvalue weighted by Crippen LogP contribution is 2.39. The molecule has 0 radical (unpaired) electrons. The summed E-state index contributed by atoms with van der Waals surface area (Å²) in [7, 11) is 0. The average molecular weight is 464 g/mol. The first kappa shape index (κ1) is 23.6. The highest BCUT2D eigenvalue weighted by atomic mass is 35.5. The van der Waals surface area contributed by atoms with Gasteiger partial charge in [-0.2, -0.15) is 0 Å². The first-order chi connectivity index (χ1) is 15.5. The van der Waals surface area contributed by atoms with E-state index in [0.717, 1.165) is 18.8 Å². The van der Waals surface area contributed by atoms with Gasteiger partial charge < -0.3 is 29.2 Å². The number of benzene rings is 1. The van der Waals surface area contributed by atoms with Gasteiger partial charge >= 0.3 is 5.97 Å². The molecule has 2 heterocycles. The lowest BCUT2D eigenvalue weighted by Gasteiger charge is -2.31. The molecule has 0 aliphatic carbocycles. The zero-order chi connectivity index (χ0) is 22.9. The van der Waals surface area contributed by atoms with Crippen molar-refractivity contribution in [2.24, 2.45) is 0 Å². The van der Waals surface area contributed by atoms with Gasteiger partial charge in [0.05, 0.1) is 43.4 Å². The molecule has 1 aromatic heterocycles. The van der Waals surface area contributed by atoms with Crippen LogP contribution in [0.2, 0.25) is 5.15 Å². The SMILES string of the molecule is CCOc1cc(N2CCOCC2)c(OCC)cc1NC(=O)COC(=O)c1cccnc1Cl. The number of pyridine rings is 1. The minimum absolute atomic E-state index is 0.0107. The third kappa shape index (κ3) is 6.02. The van der Waals surface area contributed by atoms with Crippen molar-refractivity contribution in [3.63, 3.8) is 0 Å². The maximum absolute atomic E-state index is 12.5. The molecule has 32 heavy (non-hydrogen) atoms. The van der Waals surface area contributed by atoms with Crippen LogP contribution in [-0.2, 0) is 14.3 Å². The van der Waals surface area contributed by atoms with E-state index in [2.05, 4.69) is 15.2 Å². The van der Waals surface area contributed by atoms with Gasteiger partial charge in [-0.1, -0.05) is 11.6 Å². The zero-order valence-electron chi connectivity index (χ0n) is 18.1. The minimum atomic E-state index is -0.735. The summed E-state index contributed by atoms with van der Waals surface area (Å²) in [6.07, 6.45) is 1.46. The van der Waals surface area contributed by atoms with Crippen LogP contribution in [-0.4, -0.2) is 63.0 Å². The lowest BCUT2D eigenvalue weighted by Crippen LogP contribution is -2.36. The Bertz CT molecular complexity index is 949. The summed E-state index contributed by atoms with van der Waals surface area (Å²) >= 11 is 5.89. The van der Waals surface area contributed by atoms with Crippen LogP contribution in [0.4, 0.5) is 11.4 Å². The Hall–Kier alpha value is -3.04. The highest BCUT2D eigenvalue weighted by Gasteiger charge is 2.21. The smallest absolute Gasteiger partial charge is 0.341 e. The van der Waals surface area contributed by atoms with Crippen molar-refractivity contribution in [2.45, 2.75) is 13.8 Å². The predicted octanol–water partition coefficient (Wildman–Crippen LogP) is 3.16. The van der Waals surface area contributed by atoms with Crippen molar-refractivity contribution in [3.05, 3.63) is 41.2 Å². The summed E-state index contributed by atoms with van der Waals surface area (Å²) in [5, 5.41) is 2.74. The standard InChI is InChI=1S/C22H26ClN3O6/c1-3-30-18-13-17(26-8-10-29-11-9-26)19(31-4-2)12-16(18)25-20(27)14-32-22(28)15-6-5-7-24-21(15)23/h5-7,12-13H,3-4,8-11,14H2,1-2H3,(H,25,27). The number of anilines is 2. The molecule has 1 aliphatic heterocycles. The normalized spacial score (nSPS) is 13.4. The number of halogens is 1. The van der Waals surface area contributed by atoms with Crippen molar-refractivity contribution in [2.75, 3.05) is 56.3 Å². The summed E-state index contributed by atoms with van der Waals surface area (Å²) in [6.45, 7) is 6.83. The van der Waals surface area contributed by atoms with E-state index < -0.39 is 18.5 Å². The van der Waals surface area contributed by atoms with Crippen LogP contribution in [0.15, 0.2) is 30.5 Å². The van der Waals surface area contributed by atoms with Crippen molar-refractivity contribution >= 4 is 34.9 Å². The Morgan fingerprint density at radius 3 is 2.56 bits per heavy atom. The van der Waals surface area contributed by atoms with Crippen molar-refractivity contribution in [1.29, 1.82) is 0 Å². The average Bonchev–Trinajstić information content (AvgIpc) is 2.80. The van der Waals surface area contributed by atoms with Crippen LogP contribution in [0.1, 0.15) is 24.2 Å². The topological polar surface area (TPSA) is 99.2 Å². The Morgan fingerprint density at radius 2 is 1.88 bits per heavy atom. The van der Waals surface area contributed by atoms with Gasteiger partial charge in [0.2, 0.25) is 0 Å². The Labute approximate surface area is 191 Å². The molecular formula is C22H26ClN3O6. The van der Waals surface area contributed by atoms with Gasteiger partial charge in [0.1, 0.15) is 16.7 Å². The number of aromatic nitrogens is 1. The molecule has 9 nitrogen and oxygen atoms in total. The second-order valence-electron chi connectivity index (χ2n) is 6.75. The molecule has 1 saturated heterocycles. The number of carbonyl (C=O) groups is 2. The second kappa shape index (κ2) is 11.5. The maximum atomic E-state index is 12.5. The molecule has 0 bridgehead atoms. The minimum Gasteiger partial charge on any atom is -0.492 e. The zero-order valence-corrected chi connectivity index (χ0v) is 18.8. The summed E-state index contributed by atoms with van der Waals surface area (Å²) in [5.74, 6) is -0.151. The summed E-state index contributed by atoms with van der Waals surface area (Å²) < 4.78 is 22.1. The van der Waals surface area contributed by atoms with Gasteiger partial charge in [-0.15, -0.1) is 0 Å². The molecule has 1 aliphatic rings. The maximum Gasteiger partial charge on any atom is 0.341 e. The molecule has 0 saturated carbocycles. The Balaban J connectivity index is 1.75. The van der Waals surface area contributed by atoms with Crippen LogP contribution in [0.5, 0.6) is 11.5 Å². The molecule has 172 valence electrons. The Morgan fingerprint density at radius 1 is 1.16 bits per heavy atom. The van der Waals surface area contributed by atoms with Crippen LogP contribution < -0.4 is 19.7 Å². The summed E-state index contributed by atoms with van der Waals surface area (Å²) in [5.41, 5.74) is 1.38. The second-order valence-corrected chi connectivity index (χ2v) is 7.11. The lowest BCUT2D eigenvalue weighted by molar-refractivity contribution is -0.119. The van der Waals surface area contributed by atoms with E-state index in [1.54, 1.807) is 12.1 Å². The van der Waals surface area contributed by atoms with Gasteiger partial charge in [0, 0.05) is 31.4 Å². The van der Waals surface area contributed by atoms with Gasteiger partial charge in [-0.05, 0) is 26.0 Å². The molecular weight excluding hydrogens is 438 g/mol. The van der Waals surface area contributed by atoms with E-state index in [9.17, 15) is 9.59 Å². The summed E-state index contributed by atoms with van der Waals surface area (Å²) in [4.78, 5) is 30.6. The lowest BCUT2D eigenvalue weighted by atomic mass is 10.2. The number of nitrogens with zero attached hydrogens (tertiary/aromatic N) is 2. The molecule has 1 aromatic carbocycles. The van der Waals surface area contributed by atoms with Crippen LogP contribution in [0, 0.1) is 0 Å². The van der Waals surface area contributed by atoms with Crippen molar-refractivity contribution < 1.29 is 28.5 Å². The Kier molecular flexibility index (Phi) is 8.52. The van der Waals surface area contributed by atoms with Gasteiger partial charge in [-0.25, -0.2) is 9.78 Å². The molecule has 1 amide bonds. The number of morpholine rings is 1. The van der Waals surface area contributed by atoms with Crippen LogP contribution in [0.3, 0.4) is 0 Å². The fraction of sp³-hybridized carbons (Fsp3) is 0.409. The fourth-order valence-electron chi connectivity index (χ4n) is 3.18. The highest BCUT2D eigenvalue weighted by molar-refractivity contribution is 6.32. The third-order valence-corrected chi connectivity index (χ3v) is 4.90. The molecule has 2 aromatic rings. The molecule has 1 fully saturated rings. The molecule has 3 rings (SSSR count). The number of nitrogens with one attached hydrogen (secondary N) is 1. The number of amides is 1. The monoisotopic (exact) mass is 463 g/mol. The van der Waals surface area contributed by atoms with Gasteiger partial charge in [-0.3, -0.25) is 4.79 Å². The fourth-order valence-corrected chi connectivity index (χ4v) is 3.37. The van der Waals surface area contributed by atoms with Gasteiger partial charge in [0.25, 0.3) is 5.91 Å². The van der Waals surface area contributed by atoms with E-state index in [1.165, 1.54) is 12.3 Å². The van der Waals surface area contributed by atoms with E-state index in [1.807, 2.05) is 19.9 Å². The number of ether oxygens (including phenoxy) is 4. The van der Waals surface area contributed by atoms with E-state index in [4.69, 9.17) is 30.5 Å². The van der Waals surface area contributed by atoms with E-state index >= 15 is 0 Å². The molecule has 0 spiro atoms. The largest absolute Gasteiger partial charge is 0.492 e.